The summed E-state index contributed by atoms with van der Waals surface area (Å²) in [5.74, 6) is 0.387. The van der Waals surface area contributed by atoms with E-state index in [1.807, 2.05) is 11.9 Å². The zero-order valence-corrected chi connectivity index (χ0v) is 11.7. The fourth-order valence-corrected chi connectivity index (χ4v) is 3.90. The summed E-state index contributed by atoms with van der Waals surface area (Å²) < 4.78 is 0. The fourth-order valence-electron chi connectivity index (χ4n) is 3.24. The van der Waals surface area contributed by atoms with Gasteiger partial charge in [-0.3, -0.25) is 9.69 Å². The van der Waals surface area contributed by atoms with Crippen LogP contribution < -0.4 is 0 Å². The molecule has 1 amide bonds. The highest BCUT2D eigenvalue weighted by atomic mass is 32.1. The zero-order chi connectivity index (χ0) is 12.6. The van der Waals surface area contributed by atoms with Gasteiger partial charge in [0, 0.05) is 20.1 Å². The number of likely N-dealkylation sites (tertiary alicyclic amines) is 2. The summed E-state index contributed by atoms with van der Waals surface area (Å²) in [7, 11) is 1.94. The highest BCUT2D eigenvalue weighted by molar-refractivity contribution is 7.07. The van der Waals surface area contributed by atoms with Crippen molar-refractivity contribution in [1.82, 2.24) is 9.80 Å². The summed E-state index contributed by atoms with van der Waals surface area (Å²) in [4.78, 5) is 16.6. The van der Waals surface area contributed by atoms with Crippen LogP contribution in [0.25, 0.3) is 0 Å². The summed E-state index contributed by atoms with van der Waals surface area (Å²) in [6.45, 7) is 4.12. The second-order valence-corrected chi connectivity index (χ2v) is 6.44. The molecule has 0 aliphatic carbocycles. The maximum absolute atomic E-state index is 12.2. The summed E-state index contributed by atoms with van der Waals surface area (Å²) in [6.07, 6.45) is 3.15. The van der Waals surface area contributed by atoms with E-state index in [0.29, 0.717) is 5.91 Å². The van der Waals surface area contributed by atoms with Crippen molar-refractivity contribution in [3.05, 3.63) is 22.4 Å². The van der Waals surface area contributed by atoms with Gasteiger partial charge in [-0.25, -0.2) is 0 Å². The molecule has 2 fully saturated rings. The number of hydrogen-bond acceptors (Lipinski definition) is 3. The van der Waals surface area contributed by atoms with Crippen LogP contribution in [0.15, 0.2) is 16.8 Å². The van der Waals surface area contributed by atoms with Gasteiger partial charge in [-0.15, -0.1) is 0 Å². The Morgan fingerprint density at radius 1 is 1.28 bits per heavy atom. The van der Waals surface area contributed by atoms with Crippen molar-refractivity contribution in [2.45, 2.75) is 25.8 Å². The van der Waals surface area contributed by atoms with Crippen LogP contribution in [0.5, 0.6) is 0 Å². The standard InChI is InChI=1S/C14H20N2OS/c1-15-6-3-14(13(15)17)4-7-16(8-5-14)10-12-2-9-18-11-12/h2,9,11H,3-8,10H2,1H3. The maximum atomic E-state index is 12.2. The van der Waals surface area contributed by atoms with E-state index in [4.69, 9.17) is 0 Å². The topological polar surface area (TPSA) is 23.6 Å². The fraction of sp³-hybridized carbons (Fsp3) is 0.643. The number of thiophene rings is 1. The predicted octanol–water partition coefficient (Wildman–Crippen LogP) is 2.19. The Hall–Kier alpha value is -0.870. The third kappa shape index (κ3) is 2.08. The van der Waals surface area contributed by atoms with Gasteiger partial charge in [-0.2, -0.15) is 11.3 Å². The molecule has 2 saturated heterocycles. The number of rotatable bonds is 2. The smallest absolute Gasteiger partial charge is 0.228 e. The van der Waals surface area contributed by atoms with E-state index in [1.54, 1.807) is 11.3 Å². The summed E-state index contributed by atoms with van der Waals surface area (Å²) >= 11 is 1.76. The molecule has 0 atom stereocenters. The van der Waals surface area contributed by atoms with Gasteiger partial charge < -0.3 is 4.90 Å². The minimum absolute atomic E-state index is 0.0140. The molecule has 98 valence electrons. The van der Waals surface area contributed by atoms with Gasteiger partial charge in [0.05, 0.1) is 5.41 Å². The van der Waals surface area contributed by atoms with E-state index in [1.165, 1.54) is 5.56 Å². The minimum Gasteiger partial charge on any atom is -0.345 e. The average Bonchev–Trinajstić information content (AvgIpc) is 2.98. The van der Waals surface area contributed by atoms with Crippen LogP contribution in [0, 0.1) is 5.41 Å². The van der Waals surface area contributed by atoms with Crippen molar-refractivity contribution in [1.29, 1.82) is 0 Å². The average molecular weight is 264 g/mol. The molecular formula is C14H20N2OS. The van der Waals surface area contributed by atoms with Crippen molar-refractivity contribution >= 4 is 17.2 Å². The Balaban J connectivity index is 1.60. The van der Waals surface area contributed by atoms with Crippen molar-refractivity contribution < 1.29 is 4.79 Å². The van der Waals surface area contributed by atoms with Gasteiger partial charge in [0.1, 0.15) is 0 Å². The Morgan fingerprint density at radius 2 is 2.00 bits per heavy atom. The van der Waals surface area contributed by atoms with Crippen LogP contribution in [0.2, 0.25) is 0 Å². The second kappa shape index (κ2) is 4.67. The summed E-state index contributed by atoms with van der Waals surface area (Å²) in [5, 5.41) is 4.36. The normalized spacial score (nSPS) is 24.1. The first-order valence-corrected chi connectivity index (χ1v) is 7.63. The van der Waals surface area contributed by atoms with Crippen LogP contribution >= 0.6 is 11.3 Å². The van der Waals surface area contributed by atoms with E-state index in [-0.39, 0.29) is 5.41 Å². The quantitative estimate of drug-likeness (QED) is 0.817. The van der Waals surface area contributed by atoms with Gasteiger partial charge in [0.15, 0.2) is 0 Å². The van der Waals surface area contributed by atoms with Crippen LogP contribution in [-0.2, 0) is 11.3 Å². The Morgan fingerprint density at radius 3 is 2.56 bits per heavy atom. The molecule has 2 aliphatic heterocycles. The molecule has 3 nitrogen and oxygen atoms in total. The third-order valence-electron chi connectivity index (χ3n) is 4.53. The van der Waals surface area contributed by atoms with E-state index < -0.39 is 0 Å². The van der Waals surface area contributed by atoms with Crippen LogP contribution in [0.1, 0.15) is 24.8 Å². The molecule has 4 heteroatoms. The van der Waals surface area contributed by atoms with Gasteiger partial charge in [-0.05, 0) is 54.7 Å². The SMILES string of the molecule is CN1CCC2(CCN(Cc3ccsc3)CC2)C1=O. The molecule has 1 spiro atoms. The van der Waals surface area contributed by atoms with E-state index >= 15 is 0 Å². The Bertz CT molecular complexity index is 421. The predicted molar refractivity (Wildman–Crippen MR) is 73.5 cm³/mol. The molecule has 3 heterocycles. The molecule has 0 radical (unpaired) electrons. The van der Waals surface area contributed by atoms with Crippen molar-refractivity contribution in [2.75, 3.05) is 26.7 Å². The van der Waals surface area contributed by atoms with E-state index in [2.05, 4.69) is 21.7 Å². The molecule has 0 unspecified atom stereocenters. The number of carbonyl (C=O) groups excluding carboxylic acids is 1. The highest BCUT2D eigenvalue weighted by Gasteiger charge is 2.46. The van der Waals surface area contributed by atoms with Crippen molar-refractivity contribution in [3.8, 4) is 0 Å². The number of amides is 1. The second-order valence-electron chi connectivity index (χ2n) is 5.66. The molecule has 0 saturated carbocycles. The van der Waals surface area contributed by atoms with Gasteiger partial charge >= 0.3 is 0 Å². The molecule has 0 N–H and O–H groups in total. The molecule has 3 rings (SSSR count). The zero-order valence-electron chi connectivity index (χ0n) is 10.9. The van der Waals surface area contributed by atoms with E-state index in [9.17, 15) is 4.79 Å². The molecule has 2 aliphatic rings. The number of hydrogen-bond donors (Lipinski definition) is 0. The lowest BCUT2D eigenvalue weighted by molar-refractivity contribution is -0.137. The molecular weight excluding hydrogens is 244 g/mol. The van der Waals surface area contributed by atoms with Crippen molar-refractivity contribution in [3.63, 3.8) is 0 Å². The first-order chi connectivity index (χ1) is 8.70. The lowest BCUT2D eigenvalue weighted by Crippen LogP contribution is -2.43. The van der Waals surface area contributed by atoms with Crippen LogP contribution in [0.4, 0.5) is 0 Å². The minimum atomic E-state index is -0.0140. The number of carbonyl (C=O) groups is 1. The first kappa shape index (κ1) is 12.2. The van der Waals surface area contributed by atoms with Crippen molar-refractivity contribution in [2.24, 2.45) is 5.41 Å². The first-order valence-electron chi connectivity index (χ1n) is 6.69. The lowest BCUT2D eigenvalue weighted by atomic mass is 9.77. The summed E-state index contributed by atoms with van der Waals surface area (Å²) in [6, 6.07) is 2.20. The molecule has 0 bridgehead atoms. The highest BCUT2D eigenvalue weighted by Crippen LogP contribution is 2.41. The maximum Gasteiger partial charge on any atom is 0.228 e. The largest absolute Gasteiger partial charge is 0.345 e. The Kier molecular flexibility index (Phi) is 3.16. The molecule has 1 aromatic rings. The lowest BCUT2D eigenvalue weighted by Gasteiger charge is -2.37. The third-order valence-corrected chi connectivity index (χ3v) is 5.26. The van der Waals surface area contributed by atoms with Gasteiger partial charge in [-0.1, -0.05) is 0 Å². The summed E-state index contributed by atoms with van der Waals surface area (Å²) in [5.41, 5.74) is 1.39. The molecule has 18 heavy (non-hydrogen) atoms. The van der Waals surface area contributed by atoms with Crippen LogP contribution in [0.3, 0.4) is 0 Å². The van der Waals surface area contributed by atoms with E-state index in [0.717, 1.165) is 45.4 Å². The molecule has 0 aromatic carbocycles. The van der Waals surface area contributed by atoms with Crippen LogP contribution in [-0.4, -0.2) is 42.4 Å². The van der Waals surface area contributed by atoms with Gasteiger partial charge in [0.25, 0.3) is 0 Å². The Labute approximate surface area is 112 Å². The number of piperidine rings is 1. The van der Waals surface area contributed by atoms with Gasteiger partial charge in [0.2, 0.25) is 5.91 Å². The number of nitrogens with zero attached hydrogens (tertiary/aromatic N) is 2. The monoisotopic (exact) mass is 264 g/mol. The molecule has 1 aromatic heterocycles.